The second kappa shape index (κ2) is 14.2. The lowest BCUT2D eigenvalue weighted by Gasteiger charge is -2.11. The third-order valence-corrected chi connectivity index (χ3v) is 3.67. The Morgan fingerprint density at radius 3 is 2.04 bits per heavy atom. The maximum atomic E-state index is 11.8. The minimum Gasteiger partial charge on any atom is -0.463 e. The van der Waals surface area contributed by atoms with Crippen molar-refractivity contribution < 1.29 is 19.4 Å². The topological polar surface area (TPSA) is 63.6 Å². The molecular formula is C19H32O4. The van der Waals surface area contributed by atoms with E-state index in [-0.39, 0.29) is 12.2 Å². The molecule has 0 aromatic heterocycles. The lowest BCUT2D eigenvalue weighted by Crippen LogP contribution is -2.26. The number of aliphatic hydroxyl groups excluding tert-OH is 1. The first-order valence-electron chi connectivity index (χ1n) is 8.71. The van der Waals surface area contributed by atoms with Crippen LogP contribution in [0, 0.1) is 0 Å². The van der Waals surface area contributed by atoms with Crippen LogP contribution >= 0.6 is 0 Å². The van der Waals surface area contributed by atoms with E-state index in [0.29, 0.717) is 6.42 Å². The van der Waals surface area contributed by atoms with Crippen molar-refractivity contribution in [1.29, 1.82) is 0 Å². The predicted octanol–water partition coefficient (Wildman–Crippen LogP) is 4.12. The summed E-state index contributed by atoms with van der Waals surface area (Å²) in [6.07, 6.45) is 12.2. The van der Waals surface area contributed by atoms with Crippen molar-refractivity contribution >= 4 is 11.8 Å². The highest BCUT2D eigenvalue weighted by Crippen LogP contribution is 2.13. The van der Waals surface area contributed by atoms with Crippen LogP contribution in [0.15, 0.2) is 24.3 Å². The van der Waals surface area contributed by atoms with Gasteiger partial charge in [-0.25, -0.2) is 4.79 Å². The van der Waals surface area contributed by atoms with Gasteiger partial charge < -0.3 is 9.84 Å². The van der Waals surface area contributed by atoms with Crippen molar-refractivity contribution in [2.75, 3.05) is 6.61 Å². The van der Waals surface area contributed by atoms with Gasteiger partial charge >= 0.3 is 5.97 Å². The quantitative estimate of drug-likeness (QED) is 0.226. The Morgan fingerprint density at radius 2 is 1.57 bits per heavy atom. The number of carbonyl (C=O) groups is 2. The largest absolute Gasteiger partial charge is 0.463 e. The molecule has 0 bridgehead atoms. The molecule has 4 heteroatoms. The van der Waals surface area contributed by atoms with Crippen LogP contribution in [0.5, 0.6) is 0 Å². The molecule has 1 N–H and O–H groups in total. The normalized spacial score (nSPS) is 12.7. The molecule has 1 unspecified atom stereocenters. The van der Waals surface area contributed by atoms with Gasteiger partial charge in [-0.3, -0.25) is 4.79 Å². The van der Waals surface area contributed by atoms with E-state index in [4.69, 9.17) is 4.74 Å². The van der Waals surface area contributed by atoms with E-state index in [0.717, 1.165) is 19.3 Å². The third-order valence-electron chi connectivity index (χ3n) is 3.67. The molecule has 1 atom stereocenters. The lowest BCUT2D eigenvalue weighted by atomic mass is 10.0. The molecule has 132 valence electrons. The van der Waals surface area contributed by atoms with Gasteiger partial charge in [0.15, 0.2) is 5.78 Å². The summed E-state index contributed by atoms with van der Waals surface area (Å²) in [5.41, 5.74) is 0.0729. The van der Waals surface area contributed by atoms with E-state index in [2.05, 4.69) is 6.58 Å². The van der Waals surface area contributed by atoms with Crippen molar-refractivity contribution in [1.82, 2.24) is 0 Å². The van der Waals surface area contributed by atoms with E-state index in [1.165, 1.54) is 39.0 Å². The molecule has 4 nitrogen and oxygen atoms in total. The first-order chi connectivity index (χ1) is 11.0. The zero-order valence-electron chi connectivity index (χ0n) is 14.7. The zero-order valence-corrected chi connectivity index (χ0v) is 14.7. The zero-order chi connectivity index (χ0) is 17.5. The number of aliphatic hydroxyl groups is 1. The first-order valence-corrected chi connectivity index (χ1v) is 8.71. The summed E-state index contributed by atoms with van der Waals surface area (Å²) in [7, 11) is 0. The van der Waals surface area contributed by atoms with Gasteiger partial charge in [0.2, 0.25) is 0 Å². The minimum absolute atomic E-state index is 0.0729. The summed E-state index contributed by atoms with van der Waals surface area (Å²) >= 11 is 0. The Morgan fingerprint density at radius 1 is 1.04 bits per heavy atom. The average molecular weight is 324 g/mol. The fourth-order valence-corrected chi connectivity index (χ4v) is 2.31. The fraction of sp³-hybridized carbons (Fsp3) is 0.684. The smallest absolute Gasteiger partial charge is 0.336 e. The van der Waals surface area contributed by atoms with Crippen LogP contribution in [0.3, 0.4) is 0 Å². The Hall–Kier alpha value is -1.42. The van der Waals surface area contributed by atoms with Gasteiger partial charge in [0.25, 0.3) is 0 Å². The van der Waals surface area contributed by atoms with Crippen molar-refractivity contribution in [3.05, 3.63) is 24.3 Å². The van der Waals surface area contributed by atoms with Gasteiger partial charge in [-0.2, -0.15) is 0 Å². The van der Waals surface area contributed by atoms with E-state index < -0.39 is 17.9 Å². The van der Waals surface area contributed by atoms with Gasteiger partial charge in [0.1, 0.15) is 6.10 Å². The van der Waals surface area contributed by atoms with Gasteiger partial charge in [-0.15, -0.1) is 6.58 Å². The highest BCUT2D eigenvalue weighted by atomic mass is 16.5. The molecule has 0 fully saturated rings. The first kappa shape index (κ1) is 21.6. The molecule has 0 amide bonds. The van der Waals surface area contributed by atoms with Crippen molar-refractivity contribution in [2.45, 2.75) is 77.7 Å². The minimum atomic E-state index is -1.38. The van der Waals surface area contributed by atoms with Gasteiger partial charge in [-0.05, 0) is 39.5 Å². The number of rotatable bonds is 14. The molecule has 0 aliphatic carbocycles. The van der Waals surface area contributed by atoms with Gasteiger partial charge in [0.05, 0.1) is 12.2 Å². The molecule has 0 aliphatic heterocycles. The molecular weight excluding hydrogens is 292 g/mol. The number of ether oxygens (including phenoxy) is 1. The van der Waals surface area contributed by atoms with Crippen LogP contribution in [0.25, 0.3) is 0 Å². The highest BCUT2D eigenvalue weighted by Gasteiger charge is 2.23. The van der Waals surface area contributed by atoms with Crippen LogP contribution in [-0.4, -0.2) is 29.6 Å². The second-order valence-corrected chi connectivity index (χ2v) is 5.73. The predicted molar refractivity (Wildman–Crippen MR) is 93.2 cm³/mol. The number of carbonyl (C=O) groups excluding carboxylic acids is 2. The van der Waals surface area contributed by atoms with E-state index in [9.17, 15) is 14.7 Å². The summed E-state index contributed by atoms with van der Waals surface area (Å²) in [6.45, 7) is 6.91. The van der Waals surface area contributed by atoms with Gasteiger partial charge in [-0.1, -0.05) is 44.3 Å². The van der Waals surface area contributed by atoms with Crippen LogP contribution in [0.2, 0.25) is 0 Å². The standard InChI is InChI=1S/C19H32O4/c1-4-6-7-8-9-10-11-12-13-14-15-17(18(21)16(3)20)19(22)23-5-2/h4,15,18,21H,1,5-14H2,2-3H3/b17-15-. The molecule has 0 rings (SSSR count). The third kappa shape index (κ3) is 10.9. The van der Waals surface area contributed by atoms with Crippen molar-refractivity contribution in [3.8, 4) is 0 Å². The summed E-state index contributed by atoms with van der Waals surface area (Å²) in [5.74, 6) is -1.04. The molecule has 0 saturated heterocycles. The van der Waals surface area contributed by atoms with E-state index >= 15 is 0 Å². The number of hydrogen-bond acceptors (Lipinski definition) is 4. The van der Waals surface area contributed by atoms with E-state index in [1.54, 1.807) is 13.0 Å². The molecule has 0 saturated carbocycles. The summed E-state index contributed by atoms with van der Waals surface area (Å²) in [6, 6.07) is 0. The Balaban J connectivity index is 4.03. The number of esters is 1. The summed E-state index contributed by atoms with van der Waals surface area (Å²) in [4.78, 5) is 23.0. The van der Waals surface area contributed by atoms with Crippen molar-refractivity contribution in [3.63, 3.8) is 0 Å². The maximum Gasteiger partial charge on any atom is 0.336 e. The molecule has 0 aromatic rings. The number of Topliss-reactive ketones (excluding diaryl/α,β-unsaturated/α-hetero) is 1. The SMILES string of the molecule is C=CCCCCCCCCC/C=C(\C(=O)OCC)C(O)C(C)=O. The summed E-state index contributed by atoms with van der Waals surface area (Å²) in [5, 5.41) is 9.80. The summed E-state index contributed by atoms with van der Waals surface area (Å²) < 4.78 is 4.89. The number of allylic oxidation sites excluding steroid dienone is 2. The Bertz CT molecular complexity index is 385. The Labute approximate surface area is 140 Å². The molecule has 0 aliphatic rings. The van der Waals surface area contributed by atoms with E-state index in [1.807, 2.05) is 6.08 Å². The van der Waals surface area contributed by atoms with Crippen LogP contribution in [0.4, 0.5) is 0 Å². The fourth-order valence-electron chi connectivity index (χ4n) is 2.31. The average Bonchev–Trinajstić information content (AvgIpc) is 2.52. The van der Waals surface area contributed by atoms with Crippen LogP contribution < -0.4 is 0 Å². The number of ketones is 1. The lowest BCUT2D eigenvalue weighted by molar-refractivity contribution is -0.141. The monoisotopic (exact) mass is 324 g/mol. The highest BCUT2D eigenvalue weighted by molar-refractivity contribution is 5.98. The molecule has 0 heterocycles. The van der Waals surface area contributed by atoms with Crippen molar-refractivity contribution in [2.24, 2.45) is 0 Å². The van der Waals surface area contributed by atoms with Gasteiger partial charge in [0, 0.05) is 0 Å². The molecule has 0 spiro atoms. The number of unbranched alkanes of at least 4 members (excludes halogenated alkanes) is 8. The second-order valence-electron chi connectivity index (χ2n) is 5.73. The number of hydrogen-bond donors (Lipinski definition) is 1. The van der Waals surface area contributed by atoms with Crippen LogP contribution in [-0.2, 0) is 14.3 Å². The molecule has 23 heavy (non-hydrogen) atoms. The van der Waals surface area contributed by atoms with Crippen LogP contribution in [0.1, 0.15) is 71.6 Å². The maximum absolute atomic E-state index is 11.8. The molecule has 0 aromatic carbocycles. The molecule has 0 radical (unpaired) electrons. The Kier molecular flexibility index (Phi) is 13.3.